The molecule has 0 saturated carbocycles. The average Bonchev–Trinajstić information content (AvgIpc) is 2.79. The molecule has 7 heteroatoms. The summed E-state index contributed by atoms with van der Waals surface area (Å²) in [5, 5.41) is -0.267. The van der Waals surface area contributed by atoms with Gasteiger partial charge < -0.3 is 0 Å². The number of halogens is 2. The van der Waals surface area contributed by atoms with Crippen LogP contribution >= 0.6 is 23.4 Å². The SMILES string of the molecule is O=C1S/C(=C\c2ccncc2)C(=O)N1Cc1c(F)cccc1Cl. The first kappa shape index (κ1) is 15.7. The summed E-state index contributed by atoms with van der Waals surface area (Å²) in [6.45, 7) is -0.191. The maximum Gasteiger partial charge on any atom is 0.293 e. The Hall–Kier alpha value is -2.18. The molecular formula is C16H10ClFN2O2S. The topological polar surface area (TPSA) is 50.3 Å². The van der Waals surface area contributed by atoms with E-state index in [4.69, 9.17) is 11.6 Å². The van der Waals surface area contributed by atoms with Gasteiger partial charge in [-0.05, 0) is 47.7 Å². The highest BCUT2D eigenvalue weighted by molar-refractivity contribution is 8.18. The van der Waals surface area contributed by atoms with Gasteiger partial charge in [0.2, 0.25) is 0 Å². The number of carbonyl (C=O) groups is 2. The van der Waals surface area contributed by atoms with Crippen LogP contribution in [-0.4, -0.2) is 21.0 Å². The van der Waals surface area contributed by atoms with Gasteiger partial charge in [-0.1, -0.05) is 17.7 Å². The molecule has 1 aromatic carbocycles. The van der Waals surface area contributed by atoms with Gasteiger partial charge in [0.05, 0.1) is 11.4 Å². The number of benzene rings is 1. The summed E-state index contributed by atoms with van der Waals surface area (Å²) < 4.78 is 13.8. The van der Waals surface area contributed by atoms with Gasteiger partial charge in [0.25, 0.3) is 11.1 Å². The molecule has 0 atom stereocenters. The fourth-order valence-corrected chi connectivity index (χ4v) is 3.15. The summed E-state index contributed by atoms with van der Waals surface area (Å²) in [4.78, 5) is 29.6. The first-order valence-corrected chi connectivity index (χ1v) is 7.84. The molecule has 0 radical (unpaired) electrons. The Morgan fingerprint density at radius 3 is 2.65 bits per heavy atom. The van der Waals surface area contributed by atoms with E-state index in [1.54, 1.807) is 30.6 Å². The van der Waals surface area contributed by atoms with Crippen LogP contribution in [0.2, 0.25) is 5.02 Å². The fourth-order valence-electron chi connectivity index (χ4n) is 2.09. The van der Waals surface area contributed by atoms with Gasteiger partial charge in [0.1, 0.15) is 5.82 Å². The second-order valence-corrected chi connectivity index (χ2v) is 6.15. The van der Waals surface area contributed by atoms with Crippen molar-refractivity contribution in [3.05, 3.63) is 69.6 Å². The highest BCUT2D eigenvalue weighted by Crippen LogP contribution is 2.34. The zero-order valence-electron chi connectivity index (χ0n) is 11.7. The molecule has 116 valence electrons. The van der Waals surface area contributed by atoms with Crippen molar-refractivity contribution in [1.29, 1.82) is 0 Å². The van der Waals surface area contributed by atoms with E-state index in [0.717, 1.165) is 22.2 Å². The summed E-state index contributed by atoms with van der Waals surface area (Å²) >= 11 is 6.77. The van der Waals surface area contributed by atoms with Crippen LogP contribution in [0.3, 0.4) is 0 Å². The van der Waals surface area contributed by atoms with Crippen molar-refractivity contribution in [1.82, 2.24) is 9.88 Å². The number of amides is 2. The summed E-state index contributed by atoms with van der Waals surface area (Å²) in [7, 11) is 0. The van der Waals surface area contributed by atoms with Crippen LogP contribution in [0.5, 0.6) is 0 Å². The molecule has 0 aliphatic carbocycles. The maximum atomic E-state index is 13.8. The van der Waals surface area contributed by atoms with Gasteiger partial charge >= 0.3 is 0 Å². The molecule has 2 heterocycles. The Labute approximate surface area is 141 Å². The Morgan fingerprint density at radius 2 is 1.96 bits per heavy atom. The minimum atomic E-state index is -0.547. The third kappa shape index (κ3) is 3.28. The van der Waals surface area contributed by atoms with E-state index in [1.807, 2.05) is 0 Å². The predicted molar refractivity (Wildman–Crippen MR) is 87.2 cm³/mol. The number of rotatable bonds is 3. The lowest BCUT2D eigenvalue weighted by atomic mass is 10.2. The normalized spacial score (nSPS) is 16.4. The Morgan fingerprint density at radius 1 is 1.22 bits per heavy atom. The number of hydrogen-bond acceptors (Lipinski definition) is 4. The molecule has 1 aliphatic heterocycles. The van der Waals surface area contributed by atoms with Crippen molar-refractivity contribution in [2.75, 3.05) is 0 Å². The summed E-state index contributed by atoms with van der Waals surface area (Å²) in [6, 6.07) is 7.68. The molecule has 1 fully saturated rings. The van der Waals surface area contributed by atoms with Crippen LogP contribution in [0, 0.1) is 5.82 Å². The average molecular weight is 349 g/mol. The van der Waals surface area contributed by atoms with Gasteiger partial charge in [-0.3, -0.25) is 19.5 Å². The van der Waals surface area contributed by atoms with E-state index in [0.29, 0.717) is 0 Å². The fraction of sp³-hybridized carbons (Fsp3) is 0.0625. The van der Waals surface area contributed by atoms with Crippen molar-refractivity contribution in [2.24, 2.45) is 0 Å². The summed E-state index contributed by atoms with van der Waals surface area (Å²) in [5.41, 5.74) is 0.885. The van der Waals surface area contributed by atoms with E-state index < -0.39 is 17.0 Å². The van der Waals surface area contributed by atoms with Crippen molar-refractivity contribution in [3.8, 4) is 0 Å². The molecular weight excluding hydrogens is 339 g/mol. The molecule has 0 bridgehead atoms. The number of hydrogen-bond donors (Lipinski definition) is 0. The number of aromatic nitrogens is 1. The van der Waals surface area contributed by atoms with Gasteiger partial charge in [-0.15, -0.1) is 0 Å². The number of pyridine rings is 1. The summed E-state index contributed by atoms with van der Waals surface area (Å²) in [6.07, 6.45) is 4.79. The van der Waals surface area contributed by atoms with Crippen molar-refractivity contribution >= 4 is 40.6 Å². The van der Waals surface area contributed by atoms with Gasteiger partial charge in [-0.2, -0.15) is 0 Å². The van der Waals surface area contributed by atoms with Crippen molar-refractivity contribution in [2.45, 2.75) is 6.54 Å². The van der Waals surface area contributed by atoms with E-state index in [9.17, 15) is 14.0 Å². The third-order valence-corrected chi connectivity index (χ3v) is 4.52. The smallest absolute Gasteiger partial charge is 0.268 e. The van der Waals surface area contributed by atoms with Crippen LogP contribution < -0.4 is 0 Å². The molecule has 0 unspecified atom stereocenters. The van der Waals surface area contributed by atoms with Crippen LogP contribution in [-0.2, 0) is 11.3 Å². The second kappa shape index (κ2) is 6.52. The second-order valence-electron chi connectivity index (χ2n) is 4.75. The Kier molecular flexibility index (Phi) is 4.45. The minimum Gasteiger partial charge on any atom is -0.268 e. The van der Waals surface area contributed by atoms with Gasteiger partial charge in [-0.25, -0.2) is 4.39 Å². The zero-order chi connectivity index (χ0) is 16.4. The van der Waals surface area contributed by atoms with Crippen LogP contribution in [0.15, 0.2) is 47.6 Å². The lowest BCUT2D eigenvalue weighted by Crippen LogP contribution is -2.28. The molecule has 4 nitrogen and oxygen atoms in total. The quantitative estimate of drug-likeness (QED) is 0.783. The van der Waals surface area contributed by atoms with Crippen LogP contribution in [0.1, 0.15) is 11.1 Å². The Bertz CT molecular complexity index is 791. The lowest BCUT2D eigenvalue weighted by Gasteiger charge is -2.14. The highest BCUT2D eigenvalue weighted by Gasteiger charge is 2.35. The maximum absolute atomic E-state index is 13.8. The third-order valence-electron chi connectivity index (χ3n) is 3.26. The largest absolute Gasteiger partial charge is 0.293 e. The zero-order valence-corrected chi connectivity index (χ0v) is 13.3. The van der Waals surface area contributed by atoms with E-state index >= 15 is 0 Å². The molecule has 1 saturated heterocycles. The number of carbonyl (C=O) groups excluding carboxylic acids is 2. The number of imide groups is 1. The van der Waals surface area contributed by atoms with E-state index in [-0.39, 0.29) is 22.0 Å². The monoisotopic (exact) mass is 348 g/mol. The molecule has 0 N–H and O–H groups in total. The molecule has 3 rings (SSSR count). The first-order valence-electron chi connectivity index (χ1n) is 6.64. The molecule has 23 heavy (non-hydrogen) atoms. The highest BCUT2D eigenvalue weighted by atomic mass is 35.5. The standard InChI is InChI=1S/C16H10ClFN2O2S/c17-12-2-1-3-13(18)11(12)9-20-15(21)14(23-16(20)22)8-10-4-6-19-7-5-10/h1-8H,9H2/b14-8-. The van der Waals surface area contributed by atoms with E-state index in [1.165, 1.54) is 18.2 Å². The number of thioether (sulfide) groups is 1. The molecule has 2 aromatic rings. The Balaban J connectivity index is 1.86. The lowest BCUT2D eigenvalue weighted by molar-refractivity contribution is -0.123. The predicted octanol–water partition coefficient (Wildman–Crippen LogP) is 4.11. The summed E-state index contributed by atoms with van der Waals surface area (Å²) in [5.74, 6) is -1.01. The minimum absolute atomic E-state index is 0.127. The van der Waals surface area contributed by atoms with Crippen LogP contribution in [0.25, 0.3) is 6.08 Å². The van der Waals surface area contributed by atoms with Crippen molar-refractivity contribution < 1.29 is 14.0 Å². The first-order chi connectivity index (χ1) is 11.1. The van der Waals surface area contributed by atoms with Gasteiger partial charge in [0.15, 0.2) is 0 Å². The molecule has 1 aliphatic rings. The molecule has 2 amide bonds. The number of nitrogens with zero attached hydrogens (tertiary/aromatic N) is 2. The van der Waals surface area contributed by atoms with Gasteiger partial charge in [0, 0.05) is 23.0 Å². The molecule has 1 aromatic heterocycles. The molecule has 0 spiro atoms. The van der Waals surface area contributed by atoms with E-state index in [2.05, 4.69) is 4.98 Å². The van der Waals surface area contributed by atoms with Crippen LogP contribution in [0.4, 0.5) is 9.18 Å². The van der Waals surface area contributed by atoms with Crippen molar-refractivity contribution in [3.63, 3.8) is 0 Å².